The molecule has 0 radical (unpaired) electrons. The second-order valence-electron chi connectivity index (χ2n) is 3.97. The third-order valence-electron chi connectivity index (χ3n) is 2.54. The van der Waals surface area contributed by atoms with E-state index in [0.717, 1.165) is 12.4 Å². The third-order valence-corrected chi connectivity index (χ3v) is 2.75. The molecule has 0 amide bonds. The molecule has 0 aliphatic heterocycles. The Labute approximate surface area is 111 Å². The summed E-state index contributed by atoms with van der Waals surface area (Å²) >= 11 is 4.84. The van der Waals surface area contributed by atoms with Crippen LogP contribution in [0.15, 0.2) is 42.7 Å². The van der Waals surface area contributed by atoms with Gasteiger partial charge in [-0.15, -0.1) is 0 Å². The van der Waals surface area contributed by atoms with Gasteiger partial charge >= 0.3 is 0 Å². The van der Waals surface area contributed by atoms with Crippen LogP contribution in [-0.4, -0.2) is 22.0 Å². The fourth-order valence-electron chi connectivity index (χ4n) is 1.58. The lowest BCUT2D eigenvalue weighted by Gasteiger charge is -2.17. The largest absolute Gasteiger partial charge is 0.388 e. The Morgan fingerprint density at radius 2 is 1.94 bits per heavy atom. The molecular formula is C13H14N4S. The number of benzene rings is 1. The Morgan fingerprint density at radius 1 is 1.22 bits per heavy atom. The topological polar surface area (TPSA) is 55.0 Å². The molecule has 92 valence electrons. The highest BCUT2D eigenvalue weighted by molar-refractivity contribution is 7.80. The van der Waals surface area contributed by atoms with Crippen LogP contribution < -0.4 is 10.6 Å². The molecule has 1 aromatic heterocycles. The highest BCUT2D eigenvalue weighted by atomic mass is 32.1. The number of rotatable bonds is 4. The molecule has 1 aromatic carbocycles. The summed E-state index contributed by atoms with van der Waals surface area (Å²) in [6.07, 6.45) is 3.27. The van der Waals surface area contributed by atoms with Crippen LogP contribution in [0.25, 0.3) is 0 Å². The van der Waals surface area contributed by atoms with E-state index in [9.17, 15) is 0 Å². The lowest BCUT2D eigenvalue weighted by Crippen LogP contribution is -2.19. The highest BCUT2D eigenvalue weighted by Gasteiger charge is 2.05. The van der Waals surface area contributed by atoms with E-state index < -0.39 is 0 Å². The van der Waals surface area contributed by atoms with Gasteiger partial charge in [-0.25, -0.2) is 9.97 Å². The van der Waals surface area contributed by atoms with Crippen LogP contribution in [0.1, 0.15) is 11.3 Å². The van der Waals surface area contributed by atoms with Crippen molar-refractivity contribution >= 4 is 23.0 Å². The summed E-state index contributed by atoms with van der Waals surface area (Å²) in [6, 6.07) is 10.2. The van der Waals surface area contributed by atoms with E-state index in [-0.39, 0.29) is 4.99 Å². The second-order valence-corrected chi connectivity index (χ2v) is 4.41. The summed E-state index contributed by atoms with van der Waals surface area (Å²) in [5.74, 6) is 0.791. The lowest BCUT2D eigenvalue weighted by atomic mass is 10.2. The molecule has 0 saturated carbocycles. The van der Waals surface area contributed by atoms with Gasteiger partial charge in [-0.05, 0) is 5.56 Å². The van der Waals surface area contributed by atoms with E-state index in [2.05, 4.69) is 22.1 Å². The van der Waals surface area contributed by atoms with Crippen LogP contribution in [0.3, 0.4) is 0 Å². The van der Waals surface area contributed by atoms with E-state index in [1.165, 1.54) is 5.56 Å². The molecule has 0 fully saturated rings. The number of anilines is 1. The normalized spacial score (nSPS) is 10.1. The quantitative estimate of drug-likeness (QED) is 0.847. The van der Waals surface area contributed by atoms with Gasteiger partial charge < -0.3 is 10.6 Å². The van der Waals surface area contributed by atoms with E-state index in [1.807, 2.05) is 30.1 Å². The van der Waals surface area contributed by atoms with Gasteiger partial charge in [0, 0.05) is 13.6 Å². The first-order chi connectivity index (χ1) is 8.66. The minimum atomic E-state index is 0.264. The minimum Gasteiger partial charge on any atom is -0.388 e. The molecule has 2 aromatic rings. The number of nitrogens with zero attached hydrogens (tertiary/aromatic N) is 3. The first kappa shape index (κ1) is 12.4. The molecule has 0 unspecified atom stereocenters. The highest BCUT2D eigenvalue weighted by Crippen LogP contribution is 2.11. The van der Waals surface area contributed by atoms with Crippen LogP contribution >= 0.6 is 12.2 Å². The van der Waals surface area contributed by atoms with Crippen molar-refractivity contribution in [1.29, 1.82) is 0 Å². The fourth-order valence-corrected chi connectivity index (χ4v) is 1.69. The predicted octanol–water partition coefficient (Wildman–Crippen LogP) is 1.75. The maximum atomic E-state index is 5.48. The zero-order valence-electron chi connectivity index (χ0n) is 10.1. The molecule has 0 aliphatic rings. The SMILES string of the molecule is CN(Cc1ccccc1)c1cnc(C(N)=S)cn1. The molecule has 0 spiro atoms. The molecule has 0 aliphatic carbocycles. The van der Waals surface area contributed by atoms with Crippen molar-refractivity contribution in [3.8, 4) is 0 Å². The van der Waals surface area contributed by atoms with Gasteiger partial charge in [-0.1, -0.05) is 42.5 Å². The standard InChI is InChI=1S/C13H14N4S/c1-17(9-10-5-3-2-4-6-10)12-8-15-11(7-16-12)13(14)18/h2-8H,9H2,1H3,(H2,14,18). The van der Waals surface area contributed by atoms with Gasteiger partial charge in [0.05, 0.1) is 12.4 Å². The van der Waals surface area contributed by atoms with Crippen molar-refractivity contribution in [3.63, 3.8) is 0 Å². The fraction of sp³-hybridized carbons (Fsp3) is 0.154. The molecule has 0 atom stereocenters. The van der Waals surface area contributed by atoms with E-state index in [1.54, 1.807) is 12.4 Å². The van der Waals surface area contributed by atoms with E-state index in [4.69, 9.17) is 18.0 Å². The number of thiocarbonyl (C=S) groups is 1. The first-order valence-corrected chi connectivity index (χ1v) is 5.94. The molecule has 18 heavy (non-hydrogen) atoms. The minimum absolute atomic E-state index is 0.264. The molecule has 2 N–H and O–H groups in total. The Bertz CT molecular complexity index is 524. The Morgan fingerprint density at radius 3 is 2.50 bits per heavy atom. The van der Waals surface area contributed by atoms with Crippen molar-refractivity contribution < 1.29 is 0 Å². The van der Waals surface area contributed by atoms with Crippen LogP contribution in [0.4, 0.5) is 5.82 Å². The molecule has 0 bridgehead atoms. The van der Waals surface area contributed by atoms with Crippen molar-refractivity contribution in [3.05, 3.63) is 54.0 Å². The zero-order valence-corrected chi connectivity index (χ0v) is 10.9. The second kappa shape index (κ2) is 5.55. The molecule has 0 saturated heterocycles. The van der Waals surface area contributed by atoms with Gasteiger partial charge in [-0.3, -0.25) is 0 Å². The molecular weight excluding hydrogens is 244 g/mol. The van der Waals surface area contributed by atoms with Gasteiger partial charge in [0.15, 0.2) is 0 Å². The van der Waals surface area contributed by atoms with Crippen LogP contribution in [0, 0.1) is 0 Å². The van der Waals surface area contributed by atoms with E-state index >= 15 is 0 Å². The summed E-state index contributed by atoms with van der Waals surface area (Å²) in [6.45, 7) is 0.780. The van der Waals surface area contributed by atoms with Crippen molar-refractivity contribution in [1.82, 2.24) is 9.97 Å². The molecule has 5 heteroatoms. The maximum Gasteiger partial charge on any atom is 0.147 e. The summed E-state index contributed by atoms with van der Waals surface area (Å²) in [4.78, 5) is 10.7. The third kappa shape index (κ3) is 3.01. The summed E-state index contributed by atoms with van der Waals surface area (Å²) in [7, 11) is 1.97. The Balaban J connectivity index is 2.09. The molecule has 4 nitrogen and oxygen atoms in total. The van der Waals surface area contributed by atoms with Gasteiger partial charge in [-0.2, -0.15) is 0 Å². The monoisotopic (exact) mass is 258 g/mol. The van der Waals surface area contributed by atoms with Crippen molar-refractivity contribution in [2.24, 2.45) is 5.73 Å². The maximum absolute atomic E-state index is 5.48. The van der Waals surface area contributed by atoms with Crippen molar-refractivity contribution in [2.45, 2.75) is 6.54 Å². The van der Waals surface area contributed by atoms with Crippen LogP contribution in [0.2, 0.25) is 0 Å². The average Bonchev–Trinajstić information content (AvgIpc) is 2.40. The van der Waals surface area contributed by atoms with E-state index in [0.29, 0.717) is 5.69 Å². The molecule has 2 rings (SSSR count). The average molecular weight is 258 g/mol. The number of nitrogens with two attached hydrogens (primary N) is 1. The number of hydrogen-bond donors (Lipinski definition) is 1. The summed E-state index contributed by atoms with van der Waals surface area (Å²) < 4.78 is 0. The Hall–Kier alpha value is -2.01. The zero-order chi connectivity index (χ0) is 13.0. The summed E-state index contributed by atoms with van der Waals surface area (Å²) in [5, 5.41) is 0. The molecule has 1 heterocycles. The van der Waals surface area contributed by atoms with Crippen LogP contribution in [-0.2, 0) is 6.54 Å². The van der Waals surface area contributed by atoms with Gasteiger partial charge in [0.2, 0.25) is 0 Å². The van der Waals surface area contributed by atoms with Gasteiger partial charge in [0.25, 0.3) is 0 Å². The summed E-state index contributed by atoms with van der Waals surface area (Å²) in [5.41, 5.74) is 7.24. The van der Waals surface area contributed by atoms with Crippen LogP contribution in [0.5, 0.6) is 0 Å². The van der Waals surface area contributed by atoms with Crippen molar-refractivity contribution in [2.75, 3.05) is 11.9 Å². The Kier molecular flexibility index (Phi) is 3.84. The first-order valence-electron chi connectivity index (χ1n) is 5.54. The lowest BCUT2D eigenvalue weighted by molar-refractivity contribution is 0.889. The number of aromatic nitrogens is 2. The predicted molar refractivity (Wildman–Crippen MR) is 76.5 cm³/mol. The number of hydrogen-bond acceptors (Lipinski definition) is 4. The van der Waals surface area contributed by atoms with Gasteiger partial charge in [0.1, 0.15) is 16.5 Å². The smallest absolute Gasteiger partial charge is 0.147 e.